The molecule has 30 heavy (non-hydrogen) atoms. The van der Waals surface area contributed by atoms with Crippen LogP contribution in [0.1, 0.15) is 24.6 Å². The number of benzene rings is 1. The van der Waals surface area contributed by atoms with Crippen molar-refractivity contribution in [2.24, 2.45) is 0 Å². The van der Waals surface area contributed by atoms with Crippen LogP contribution in [0.25, 0.3) is 5.69 Å². The molecule has 0 atom stereocenters. The van der Waals surface area contributed by atoms with E-state index in [4.69, 9.17) is 0 Å². The van der Waals surface area contributed by atoms with E-state index in [1.54, 1.807) is 23.1 Å². The number of nitrogens with one attached hydrogen (secondary N) is 1. The third-order valence-electron chi connectivity index (χ3n) is 4.97. The Balaban J connectivity index is 1.37. The van der Waals surface area contributed by atoms with Crippen LogP contribution in [0.3, 0.4) is 0 Å². The summed E-state index contributed by atoms with van der Waals surface area (Å²) in [4.78, 5) is 14.2. The average molecular weight is 422 g/mol. The molecule has 1 aliphatic rings. The van der Waals surface area contributed by atoms with Gasteiger partial charge in [-0.2, -0.15) is 23.4 Å². The van der Waals surface area contributed by atoms with Gasteiger partial charge in [-0.05, 0) is 43.2 Å². The van der Waals surface area contributed by atoms with Crippen LogP contribution in [0.2, 0.25) is 0 Å². The molecule has 0 spiro atoms. The first kappa shape index (κ1) is 19.9. The van der Waals surface area contributed by atoms with E-state index >= 15 is 0 Å². The molecule has 3 aromatic rings. The smallest absolute Gasteiger partial charge is 0.324 e. The molecule has 2 amide bonds. The Labute approximate surface area is 168 Å². The Hall–Kier alpha value is -3.37. The number of rotatable bonds is 3. The predicted molar refractivity (Wildman–Crippen MR) is 99.6 cm³/mol. The van der Waals surface area contributed by atoms with Crippen molar-refractivity contribution < 1.29 is 22.4 Å². The van der Waals surface area contributed by atoms with Crippen LogP contribution in [0.5, 0.6) is 0 Å². The standard InChI is InChI=1S/C19H18F4N6O/c20-13-1-3-15(4-2-13)29-17(5-9-24-29)25-18(30)27-10-6-14(7-11-27)28-12-8-16(26-28)19(21,22)23/h1-5,8-9,12,14H,6-7,10-11H2,(H,25,30). The maximum absolute atomic E-state index is 13.1. The van der Waals surface area contributed by atoms with E-state index in [0.29, 0.717) is 37.4 Å². The minimum absolute atomic E-state index is 0.199. The van der Waals surface area contributed by atoms with E-state index in [1.165, 1.54) is 33.9 Å². The zero-order valence-corrected chi connectivity index (χ0v) is 15.7. The molecule has 0 bridgehead atoms. The Morgan fingerprint density at radius 1 is 1.07 bits per heavy atom. The number of piperidine rings is 1. The lowest BCUT2D eigenvalue weighted by Crippen LogP contribution is -2.41. The van der Waals surface area contributed by atoms with Gasteiger partial charge in [0.05, 0.1) is 17.9 Å². The average Bonchev–Trinajstić information content (AvgIpc) is 3.38. The number of halogens is 4. The first-order valence-corrected chi connectivity index (χ1v) is 9.29. The van der Waals surface area contributed by atoms with E-state index in [9.17, 15) is 22.4 Å². The molecular weight excluding hydrogens is 404 g/mol. The highest BCUT2D eigenvalue weighted by atomic mass is 19.4. The Kier molecular flexibility index (Phi) is 5.18. The molecule has 1 saturated heterocycles. The van der Waals surface area contributed by atoms with Crippen molar-refractivity contribution in [2.75, 3.05) is 18.4 Å². The van der Waals surface area contributed by atoms with Gasteiger partial charge in [0.2, 0.25) is 0 Å². The lowest BCUT2D eigenvalue weighted by atomic mass is 10.1. The second kappa shape index (κ2) is 7.81. The van der Waals surface area contributed by atoms with Crippen molar-refractivity contribution >= 4 is 11.8 Å². The minimum Gasteiger partial charge on any atom is -0.324 e. The molecule has 7 nitrogen and oxygen atoms in total. The van der Waals surface area contributed by atoms with Crippen LogP contribution in [0.4, 0.5) is 28.2 Å². The van der Waals surface area contributed by atoms with Gasteiger partial charge in [-0.15, -0.1) is 0 Å². The highest BCUT2D eigenvalue weighted by Gasteiger charge is 2.34. The summed E-state index contributed by atoms with van der Waals surface area (Å²) >= 11 is 0. The monoisotopic (exact) mass is 422 g/mol. The molecule has 0 aliphatic carbocycles. The van der Waals surface area contributed by atoms with Gasteiger partial charge in [-0.3, -0.25) is 10.00 Å². The fraction of sp³-hybridized carbons (Fsp3) is 0.316. The molecule has 0 saturated carbocycles. The van der Waals surface area contributed by atoms with E-state index < -0.39 is 11.9 Å². The third-order valence-corrected chi connectivity index (χ3v) is 4.97. The zero-order chi connectivity index (χ0) is 21.3. The van der Waals surface area contributed by atoms with Crippen LogP contribution < -0.4 is 5.32 Å². The summed E-state index contributed by atoms with van der Waals surface area (Å²) in [5.41, 5.74) is -0.328. The summed E-state index contributed by atoms with van der Waals surface area (Å²) in [5.74, 6) is 0.0505. The number of amides is 2. The fourth-order valence-electron chi connectivity index (χ4n) is 3.40. The van der Waals surface area contributed by atoms with Gasteiger partial charge < -0.3 is 4.90 Å². The number of nitrogens with zero attached hydrogens (tertiary/aromatic N) is 5. The van der Waals surface area contributed by atoms with Crippen LogP contribution in [0.15, 0.2) is 48.8 Å². The first-order valence-electron chi connectivity index (χ1n) is 9.29. The number of carbonyl (C=O) groups is 1. The van der Waals surface area contributed by atoms with Crippen LogP contribution in [0, 0.1) is 5.82 Å². The normalized spacial score (nSPS) is 15.4. The molecule has 1 aromatic carbocycles. The van der Waals surface area contributed by atoms with Gasteiger partial charge in [0.25, 0.3) is 0 Å². The number of urea groups is 1. The maximum Gasteiger partial charge on any atom is 0.435 e. The summed E-state index contributed by atoms with van der Waals surface area (Å²) in [6, 6.07) is 7.72. The maximum atomic E-state index is 13.1. The Bertz CT molecular complexity index is 1020. The largest absolute Gasteiger partial charge is 0.435 e. The summed E-state index contributed by atoms with van der Waals surface area (Å²) in [5, 5.41) is 10.5. The summed E-state index contributed by atoms with van der Waals surface area (Å²) in [6.45, 7) is 0.755. The molecule has 2 aromatic heterocycles. The number of anilines is 1. The van der Waals surface area contributed by atoms with E-state index in [0.717, 1.165) is 6.07 Å². The summed E-state index contributed by atoms with van der Waals surface area (Å²) in [6.07, 6.45) is -0.655. The SMILES string of the molecule is O=C(Nc1ccnn1-c1ccc(F)cc1)N1CCC(n2ccc(C(F)(F)F)n2)CC1. The lowest BCUT2D eigenvalue weighted by Gasteiger charge is -2.32. The minimum atomic E-state index is -4.47. The lowest BCUT2D eigenvalue weighted by molar-refractivity contribution is -0.141. The summed E-state index contributed by atoms with van der Waals surface area (Å²) in [7, 11) is 0. The molecule has 0 radical (unpaired) electrons. The molecule has 1 aliphatic heterocycles. The molecule has 3 heterocycles. The molecule has 1 fully saturated rings. The predicted octanol–water partition coefficient (Wildman–Crippen LogP) is 4.10. The number of alkyl halides is 3. The van der Waals surface area contributed by atoms with Crippen molar-refractivity contribution in [1.82, 2.24) is 24.5 Å². The second-order valence-corrected chi connectivity index (χ2v) is 6.93. The molecule has 158 valence electrons. The van der Waals surface area contributed by atoms with Gasteiger partial charge >= 0.3 is 12.2 Å². The van der Waals surface area contributed by atoms with E-state index in [1.807, 2.05) is 0 Å². The Morgan fingerprint density at radius 2 is 1.77 bits per heavy atom. The molecule has 4 rings (SSSR count). The first-order chi connectivity index (χ1) is 14.3. The summed E-state index contributed by atoms with van der Waals surface area (Å²) < 4.78 is 54.1. The van der Waals surface area contributed by atoms with Crippen LogP contribution >= 0.6 is 0 Å². The van der Waals surface area contributed by atoms with Crippen molar-refractivity contribution in [3.05, 3.63) is 60.3 Å². The van der Waals surface area contributed by atoms with Gasteiger partial charge in [0.1, 0.15) is 11.6 Å². The quantitative estimate of drug-likeness (QED) is 0.647. The van der Waals surface area contributed by atoms with Crippen molar-refractivity contribution in [3.63, 3.8) is 0 Å². The molecule has 1 N–H and O–H groups in total. The number of likely N-dealkylation sites (tertiary alicyclic amines) is 1. The van der Waals surface area contributed by atoms with Gasteiger partial charge in [0, 0.05) is 25.4 Å². The van der Waals surface area contributed by atoms with Crippen molar-refractivity contribution in [1.29, 1.82) is 0 Å². The van der Waals surface area contributed by atoms with Gasteiger partial charge in [-0.1, -0.05) is 0 Å². The van der Waals surface area contributed by atoms with E-state index in [-0.39, 0.29) is 17.9 Å². The molecule has 0 unspecified atom stereocenters. The highest BCUT2D eigenvalue weighted by Crippen LogP contribution is 2.29. The van der Waals surface area contributed by atoms with Crippen molar-refractivity contribution in [2.45, 2.75) is 25.1 Å². The fourth-order valence-corrected chi connectivity index (χ4v) is 3.40. The van der Waals surface area contributed by atoms with Crippen LogP contribution in [-0.4, -0.2) is 43.6 Å². The van der Waals surface area contributed by atoms with E-state index in [2.05, 4.69) is 15.5 Å². The topological polar surface area (TPSA) is 68.0 Å². The van der Waals surface area contributed by atoms with Crippen molar-refractivity contribution in [3.8, 4) is 5.69 Å². The van der Waals surface area contributed by atoms with Gasteiger partial charge in [-0.25, -0.2) is 13.9 Å². The van der Waals surface area contributed by atoms with Crippen LogP contribution in [-0.2, 0) is 6.18 Å². The second-order valence-electron chi connectivity index (χ2n) is 6.93. The number of hydrogen-bond acceptors (Lipinski definition) is 3. The highest BCUT2D eigenvalue weighted by molar-refractivity contribution is 5.88. The third kappa shape index (κ3) is 4.14. The number of hydrogen-bond donors (Lipinski definition) is 1. The van der Waals surface area contributed by atoms with Gasteiger partial charge in [0.15, 0.2) is 5.69 Å². The zero-order valence-electron chi connectivity index (χ0n) is 15.7. The molecular formula is C19H18F4N6O. The number of carbonyl (C=O) groups excluding carboxylic acids is 1. The number of aromatic nitrogens is 4. The molecule has 11 heteroatoms. The Morgan fingerprint density at radius 3 is 2.40 bits per heavy atom.